The van der Waals surface area contributed by atoms with Gasteiger partial charge in [0.15, 0.2) is 0 Å². The van der Waals surface area contributed by atoms with E-state index in [1.165, 1.54) is 12.3 Å². The van der Waals surface area contributed by atoms with Crippen LogP contribution in [0.4, 0.5) is 14.6 Å². The number of nitrogens with two attached hydrogens (primary N) is 1. The zero-order valence-electron chi connectivity index (χ0n) is 9.33. The van der Waals surface area contributed by atoms with E-state index in [0.717, 1.165) is 0 Å². The molecule has 0 fully saturated rings. The van der Waals surface area contributed by atoms with Crippen molar-refractivity contribution in [3.8, 4) is 0 Å². The Kier molecular flexibility index (Phi) is 5.73. The average Bonchev–Trinajstić information content (AvgIpc) is 2.31. The fourth-order valence-corrected chi connectivity index (χ4v) is 1.25. The minimum absolute atomic E-state index is 0.00616. The lowest BCUT2D eigenvalue weighted by Gasteiger charge is -2.06. The second kappa shape index (κ2) is 7.07. The van der Waals surface area contributed by atoms with Crippen LogP contribution in [0, 0.1) is 0 Å². The molecular formula is C10H12ClF2N3O2. The molecule has 0 aromatic carbocycles. The second-order valence-corrected chi connectivity index (χ2v) is 3.72. The summed E-state index contributed by atoms with van der Waals surface area (Å²) in [7, 11) is 0. The number of anilines is 1. The van der Waals surface area contributed by atoms with Gasteiger partial charge < -0.3 is 15.8 Å². The van der Waals surface area contributed by atoms with Crippen molar-refractivity contribution >= 4 is 23.3 Å². The molecule has 18 heavy (non-hydrogen) atoms. The molecule has 0 aliphatic heterocycles. The fraction of sp³-hybridized carbons (Fsp3) is 0.400. The van der Waals surface area contributed by atoms with Crippen LogP contribution in [-0.4, -0.2) is 37.1 Å². The third-order valence-corrected chi connectivity index (χ3v) is 2.21. The largest absolute Gasteiger partial charge is 0.382 e. The number of aromatic nitrogens is 1. The number of pyridine rings is 1. The molecule has 0 unspecified atom stereocenters. The summed E-state index contributed by atoms with van der Waals surface area (Å²) in [6, 6.07) is 1.37. The van der Waals surface area contributed by atoms with E-state index in [1.807, 2.05) is 0 Å². The third kappa shape index (κ3) is 4.80. The molecule has 0 aliphatic rings. The van der Waals surface area contributed by atoms with E-state index >= 15 is 0 Å². The van der Waals surface area contributed by atoms with E-state index in [4.69, 9.17) is 17.3 Å². The number of carbonyl (C=O) groups is 1. The van der Waals surface area contributed by atoms with Crippen molar-refractivity contribution in [2.45, 2.75) is 6.43 Å². The first-order chi connectivity index (χ1) is 8.50. The van der Waals surface area contributed by atoms with Crippen molar-refractivity contribution < 1.29 is 18.3 Å². The molecule has 0 spiro atoms. The van der Waals surface area contributed by atoms with Gasteiger partial charge in [-0.15, -0.1) is 0 Å². The van der Waals surface area contributed by atoms with Gasteiger partial charge in [-0.3, -0.25) is 4.79 Å². The molecule has 1 rings (SSSR count). The summed E-state index contributed by atoms with van der Waals surface area (Å²) >= 11 is 5.70. The molecule has 0 radical (unpaired) electrons. The SMILES string of the molecule is Nc1ncc(C(=O)NCCOCC(F)F)cc1Cl. The first-order valence-electron chi connectivity index (χ1n) is 5.06. The van der Waals surface area contributed by atoms with Crippen LogP contribution in [0.2, 0.25) is 5.02 Å². The van der Waals surface area contributed by atoms with Crippen LogP contribution in [0.3, 0.4) is 0 Å². The Balaban J connectivity index is 2.34. The van der Waals surface area contributed by atoms with Crippen LogP contribution in [0.25, 0.3) is 0 Å². The quantitative estimate of drug-likeness (QED) is 0.770. The topological polar surface area (TPSA) is 77.2 Å². The van der Waals surface area contributed by atoms with Crippen LogP contribution < -0.4 is 11.1 Å². The number of ether oxygens (including phenoxy) is 1. The molecule has 0 atom stereocenters. The van der Waals surface area contributed by atoms with E-state index < -0.39 is 18.9 Å². The lowest BCUT2D eigenvalue weighted by atomic mass is 10.2. The van der Waals surface area contributed by atoms with Gasteiger partial charge in [-0.05, 0) is 6.07 Å². The van der Waals surface area contributed by atoms with Crippen LogP contribution in [0.1, 0.15) is 10.4 Å². The molecule has 8 heteroatoms. The van der Waals surface area contributed by atoms with Crippen molar-refractivity contribution in [2.24, 2.45) is 0 Å². The summed E-state index contributed by atoms with van der Waals surface area (Å²) in [5.41, 5.74) is 5.63. The Morgan fingerprint density at radius 3 is 2.94 bits per heavy atom. The van der Waals surface area contributed by atoms with E-state index in [1.54, 1.807) is 0 Å². The van der Waals surface area contributed by atoms with E-state index in [-0.39, 0.29) is 29.6 Å². The summed E-state index contributed by atoms with van der Waals surface area (Å²) in [4.78, 5) is 15.3. The van der Waals surface area contributed by atoms with Crippen molar-refractivity contribution in [3.63, 3.8) is 0 Å². The lowest BCUT2D eigenvalue weighted by molar-refractivity contribution is 0.0188. The van der Waals surface area contributed by atoms with Gasteiger partial charge in [0.1, 0.15) is 12.4 Å². The van der Waals surface area contributed by atoms with Crippen molar-refractivity contribution in [3.05, 3.63) is 22.8 Å². The first kappa shape index (κ1) is 14.6. The summed E-state index contributed by atoms with van der Waals surface area (Å²) in [5.74, 6) is -0.293. The maximum absolute atomic E-state index is 11.7. The molecule has 1 amide bonds. The Labute approximate surface area is 107 Å². The highest BCUT2D eigenvalue weighted by Crippen LogP contribution is 2.16. The highest BCUT2D eigenvalue weighted by atomic mass is 35.5. The highest BCUT2D eigenvalue weighted by molar-refractivity contribution is 6.33. The normalized spacial score (nSPS) is 10.7. The molecular weight excluding hydrogens is 268 g/mol. The molecule has 1 aromatic heterocycles. The van der Waals surface area contributed by atoms with Gasteiger partial charge in [0.05, 0.1) is 17.2 Å². The monoisotopic (exact) mass is 279 g/mol. The smallest absolute Gasteiger partial charge is 0.261 e. The molecule has 1 aromatic rings. The number of alkyl halides is 2. The summed E-state index contributed by atoms with van der Waals surface area (Å²) in [6.07, 6.45) is -1.24. The number of rotatable bonds is 6. The Morgan fingerprint density at radius 1 is 1.61 bits per heavy atom. The van der Waals surface area contributed by atoms with Crippen LogP contribution in [0.5, 0.6) is 0 Å². The molecule has 0 bridgehead atoms. The third-order valence-electron chi connectivity index (χ3n) is 1.91. The number of hydrogen-bond acceptors (Lipinski definition) is 4. The molecule has 0 saturated carbocycles. The summed E-state index contributed by atoms with van der Waals surface area (Å²) in [6.45, 7) is -0.523. The number of carbonyl (C=O) groups excluding carboxylic acids is 1. The molecule has 3 N–H and O–H groups in total. The number of nitrogens with one attached hydrogen (secondary N) is 1. The molecule has 5 nitrogen and oxygen atoms in total. The predicted octanol–water partition coefficient (Wildman–Crippen LogP) is 1.33. The highest BCUT2D eigenvalue weighted by Gasteiger charge is 2.08. The molecule has 100 valence electrons. The maximum Gasteiger partial charge on any atom is 0.261 e. The van der Waals surface area contributed by atoms with Gasteiger partial charge in [-0.2, -0.15) is 0 Å². The molecule has 1 heterocycles. The number of nitrogen functional groups attached to an aromatic ring is 1. The van der Waals surface area contributed by atoms with Crippen molar-refractivity contribution in [1.29, 1.82) is 0 Å². The van der Waals surface area contributed by atoms with E-state index in [9.17, 15) is 13.6 Å². The van der Waals surface area contributed by atoms with Gasteiger partial charge in [0.2, 0.25) is 0 Å². The average molecular weight is 280 g/mol. The zero-order valence-corrected chi connectivity index (χ0v) is 10.1. The van der Waals surface area contributed by atoms with Crippen LogP contribution in [-0.2, 0) is 4.74 Å². The zero-order chi connectivity index (χ0) is 13.5. The first-order valence-corrected chi connectivity index (χ1v) is 5.43. The standard InChI is InChI=1S/C10H12ClF2N3O2/c11-7-3-6(4-16-9(7)14)10(17)15-1-2-18-5-8(12)13/h3-4,8H,1-2,5H2,(H2,14,16)(H,15,17). The number of amides is 1. The van der Waals surface area contributed by atoms with Gasteiger partial charge in [0.25, 0.3) is 12.3 Å². The number of hydrogen-bond donors (Lipinski definition) is 2. The summed E-state index contributed by atoms with van der Waals surface area (Å²) in [5, 5.41) is 2.65. The molecule has 0 saturated heterocycles. The number of nitrogens with zero attached hydrogens (tertiary/aromatic N) is 1. The van der Waals surface area contributed by atoms with Crippen LogP contribution in [0.15, 0.2) is 12.3 Å². The fourth-order valence-electron chi connectivity index (χ4n) is 1.08. The minimum atomic E-state index is -2.51. The summed E-state index contributed by atoms with van der Waals surface area (Å²) < 4.78 is 28.0. The Bertz CT molecular complexity index is 418. The molecule has 0 aliphatic carbocycles. The van der Waals surface area contributed by atoms with Gasteiger partial charge in [-0.1, -0.05) is 11.6 Å². The van der Waals surface area contributed by atoms with Crippen LogP contribution >= 0.6 is 11.6 Å². The van der Waals surface area contributed by atoms with E-state index in [2.05, 4.69) is 15.0 Å². The van der Waals surface area contributed by atoms with Gasteiger partial charge in [-0.25, -0.2) is 13.8 Å². The lowest BCUT2D eigenvalue weighted by Crippen LogP contribution is -2.28. The van der Waals surface area contributed by atoms with Gasteiger partial charge >= 0.3 is 0 Å². The van der Waals surface area contributed by atoms with Crippen molar-refractivity contribution in [2.75, 3.05) is 25.5 Å². The Morgan fingerprint density at radius 2 is 2.33 bits per heavy atom. The van der Waals surface area contributed by atoms with E-state index in [0.29, 0.717) is 0 Å². The maximum atomic E-state index is 11.7. The predicted molar refractivity (Wildman–Crippen MR) is 62.8 cm³/mol. The van der Waals surface area contributed by atoms with Crippen molar-refractivity contribution in [1.82, 2.24) is 10.3 Å². The minimum Gasteiger partial charge on any atom is -0.382 e. The van der Waals surface area contributed by atoms with Gasteiger partial charge in [0, 0.05) is 12.7 Å². The number of halogens is 3. The second-order valence-electron chi connectivity index (χ2n) is 3.31. The Hall–Kier alpha value is -1.47.